The minimum atomic E-state index is -4.38. The lowest BCUT2D eigenvalue weighted by molar-refractivity contribution is -0.138. The van der Waals surface area contributed by atoms with Crippen molar-refractivity contribution in [3.63, 3.8) is 0 Å². The van der Waals surface area contributed by atoms with Gasteiger partial charge in [-0.3, -0.25) is 0 Å². The van der Waals surface area contributed by atoms with Crippen molar-refractivity contribution >= 4 is 11.3 Å². The average Bonchev–Trinajstić information content (AvgIpc) is 3.06. The van der Waals surface area contributed by atoms with Gasteiger partial charge < -0.3 is 18.8 Å². The van der Waals surface area contributed by atoms with E-state index in [9.17, 15) is 13.2 Å². The van der Waals surface area contributed by atoms with Crippen LogP contribution in [-0.2, 0) is 28.7 Å². The summed E-state index contributed by atoms with van der Waals surface area (Å²) in [6.45, 7) is 4.76. The third-order valence-corrected chi connectivity index (χ3v) is 5.55. The normalized spacial score (nSPS) is 15.2. The van der Waals surface area contributed by atoms with Crippen molar-refractivity contribution in [2.75, 3.05) is 38.3 Å². The molecule has 8 heteroatoms. The molecule has 3 heterocycles. The van der Waals surface area contributed by atoms with Gasteiger partial charge in [0.25, 0.3) is 0 Å². The number of alkyl halides is 3. The van der Waals surface area contributed by atoms with Gasteiger partial charge in [-0.2, -0.15) is 13.2 Å². The zero-order valence-corrected chi connectivity index (χ0v) is 17.0. The molecule has 0 amide bonds. The van der Waals surface area contributed by atoms with Crippen molar-refractivity contribution in [3.8, 4) is 0 Å². The van der Waals surface area contributed by atoms with Crippen LogP contribution in [0.15, 0.2) is 36.5 Å². The zero-order chi connectivity index (χ0) is 21.3. The van der Waals surface area contributed by atoms with Gasteiger partial charge in [-0.15, -0.1) is 0 Å². The Morgan fingerprint density at radius 3 is 2.60 bits per heavy atom. The van der Waals surface area contributed by atoms with E-state index in [1.807, 2.05) is 22.7 Å². The molecule has 0 radical (unpaired) electrons. The molecule has 0 N–H and O–H groups in total. The van der Waals surface area contributed by atoms with Gasteiger partial charge in [-0.05, 0) is 36.2 Å². The second-order valence-electron chi connectivity index (χ2n) is 7.42. The van der Waals surface area contributed by atoms with E-state index >= 15 is 0 Å². The Balaban J connectivity index is 1.77. The van der Waals surface area contributed by atoms with E-state index < -0.39 is 11.7 Å². The maximum Gasteiger partial charge on any atom is 0.416 e. The van der Waals surface area contributed by atoms with E-state index in [1.54, 1.807) is 13.2 Å². The Morgan fingerprint density at radius 2 is 1.90 bits per heavy atom. The number of imidazole rings is 1. The highest BCUT2D eigenvalue weighted by molar-refractivity contribution is 5.55. The molecule has 0 atom stereocenters. The van der Waals surface area contributed by atoms with Gasteiger partial charge in [-0.25, -0.2) is 4.98 Å². The van der Waals surface area contributed by atoms with Crippen LogP contribution in [0.4, 0.5) is 18.9 Å². The number of aromatic nitrogens is 2. The first-order chi connectivity index (χ1) is 14.4. The molecule has 1 aliphatic rings. The van der Waals surface area contributed by atoms with E-state index in [-0.39, 0.29) is 5.56 Å². The monoisotopic (exact) mass is 419 g/mol. The maximum absolute atomic E-state index is 13.4. The first-order valence-corrected chi connectivity index (χ1v) is 9.85. The lowest BCUT2D eigenvalue weighted by Crippen LogP contribution is -2.36. The van der Waals surface area contributed by atoms with Crippen molar-refractivity contribution < 1.29 is 22.6 Å². The Hall–Kier alpha value is -2.58. The molecule has 30 heavy (non-hydrogen) atoms. The fourth-order valence-electron chi connectivity index (χ4n) is 3.94. The van der Waals surface area contributed by atoms with E-state index in [0.29, 0.717) is 31.8 Å². The lowest BCUT2D eigenvalue weighted by Gasteiger charge is -2.28. The maximum atomic E-state index is 13.4. The second kappa shape index (κ2) is 8.28. The molecule has 0 aliphatic carbocycles. The minimum Gasteiger partial charge on any atom is -0.378 e. The first-order valence-electron chi connectivity index (χ1n) is 9.85. The van der Waals surface area contributed by atoms with Gasteiger partial charge in [0.05, 0.1) is 42.5 Å². The molecule has 1 fully saturated rings. The summed E-state index contributed by atoms with van der Waals surface area (Å²) in [5.41, 5.74) is 3.62. The molecule has 0 bridgehead atoms. The molecule has 1 aromatic carbocycles. The topological polar surface area (TPSA) is 39.0 Å². The highest BCUT2D eigenvalue weighted by Gasteiger charge is 2.33. The van der Waals surface area contributed by atoms with Crippen molar-refractivity contribution in [2.45, 2.75) is 26.1 Å². The summed E-state index contributed by atoms with van der Waals surface area (Å²) in [5.74, 6) is 0. The standard InChI is InChI=1S/C22H24F3N3O2/c1-15-16(4-3-5-18(15)22(23,24)25)12-20-19(14-29-2)26-21-7-6-17(13-28(20)21)27-8-10-30-11-9-27/h3-7,13H,8-12,14H2,1-2H3. The molecular formula is C22H24F3N3O2. The van der Waals surface area contributed by atoms with Gasteiger partial charge in [0.15, 0.2) is 0 Å². The van der Waals surface area contributed by atoms with Crippen LogP contribution in [0.2, 0.25) is 0 Å². The van der Waals surface area contributed by atoms with Crippen LogP contribution in [0.5, 0.6) is 0 Å². The van der Waals surface area contributed by atoms with Gasteiger partial charge in [0.2, 0.25) is 0 Å². The molecule has 1 aliphatic heterocycles. The van der Waals surface area contributed by atoms with Crippen molar-refractivity contribution in [2.24, 2.45) is 0 Å². The van der Waals surface area contributed by atoms with E-state index in [1.165, 1.54) is 13.0 Å². The highest BCUT2D eigenvalue weighted by atomic mass is 19.4. The summed E-state index contributed by atoms with van der Waals surface area (Å²) in [4.78, 5) is 6.89. The number of benzene rings is 1. The van der Waals surface area contributed by atoms with Crippen LogP contribution < -0.4 is 4.90 Å². The predicted octanol–water partition coefficient (Wildman–Crippen LogP) is 4.24. The molecule has 3 aromatic rings. The molecular weight excluding hydrogens is 395 g/mol. The Labute approximate surface area is 173 Å². The van der Waals surface area contributed by atoms with Crippen molar-refractivity contribution in [1.82, 2.24) is 9.38 Å². The molecule has 1 saturated heterocycles. The third-order valence-electron chi connectivity index (χ3n) is 5.55. The van der Waals surface area contributed by atoms with Crippen molar-refractivity contribution in [1.29, 1.82) is 0 Å². The van der Waals surface area contributed by atoms with Crippen LogP contribution in [0.1, 0.15) is 28.1 Å². The van der Waals surface area contributed by atoms with Gasteiger partial charge in [0, 0.05) is 32.8 Å². The van der Waals surface area contributed by atoms with E-state index in [4.69, 9.17) is 9.47 Å². The van der Waals surface area contributed by atoms with Gasteiger partial charge >= 0.3 is 6.18 Å². The number of methoxy groups -OCH3 is 1. The van der Waals surface area contributed by atoms with Crippen molar-refractivity contribution in [3.05, 3.63) is 64.6 Å². The Kier molecular flexibility index (Phi) is 5.71. The summed E-state index contributed by atoms with van der Waals surface area (Å²) in [6.07, 6.45) is -2.04. The van der Waals surface area contributed by atoms with Gasteiger partial charge in [0.1, 0.15) is 5.65 Å². The number of rotatable bonds is 5. The molecule has 160 valence electrons. The zero-order valence-electron chi connectivity index (χ0n) is 17.0. The van der Waals surface area contributed by atoms with E-state index in [2.05, 4.69) is 9.88 Å². The average molecular weight is 419 g/mol. The Morgan fingerprint density at radius 1 is 1.13 bits per heavy atom. The second-order valence-corrected chi connectivity index (χ2v) is 7.42. The number of fused-ring (bicyclic) bond motifs is 1. The molecule has 4 rings (SSSR count). The summed E-state index contributed by atoms with van der Waals surface area (Å²) in [5, 5.41) is 0. The molecule has 2 aromatic heterocycles. The number of nitrogens with zero attached hydrogens (tertiary/aromatic N) is 3. The van der Waals surface area contributed by atoms with Gasteiger partial charge in [-0.1, -0.05) is 12.1 Å². The first kappa shape index (κ1) is 20.7. The van der Waals surface area contributed by atoms with Crippen LogP contribution in [0.3, 0.4) is 0 Å². The third kappa shape index (κ3) is 4.02. The summed E-state index contributed by atoms with van der Waals surface area (Å²) in [7, 11) is 1.59. The summed E-state index contributed by atoms with van der Waals surface area (Å²) in [6, 6.07) is 8.28. The smallest absolute Gasteiger partial charge is 0.378 e. The lowest BCUT2D eigenvalue weighted by atomic mass is 9.98. The quantitative estimate of drug-likeness (QED) is 0.620. The number of anilines is 1. The fraction of sp³-hybridized carbons (Fsp3) is 0.409. The summed E-state index contributed by atoms with van der Waals surface area (Å²) >= 11 is 0. The number of hydrogen-bond donors (Lipinski definition) is 0. The largest absolute Gasteiger partial charge is 0.416 e. The minimum absolute atomic E-state index is 0.243. The highest BCUT2D eigenvalue weighted by Crippen LogP contribution is 2.34. The van der Waals surface area contributed by atoms with Crippen LogP contribution in [0.25, 0.3) is 5.65 Å². The molecule has 0 saturated carbocycles. The molecule has 0 unspecified atom stereocenters. The van der Waals surface area contributed by atoms with Crippen LogP contribution >= 0.6 is 0 Å². The van der Waals surface area contributed by atoms with E-state index in [0.717, 1.165) is 41.9 Å². The Bertz CT molecular complexity index is 1040. The predicted molar refractivity (Wildman–Crippen MR) is 108 cm³/mol. The van der Waals surface area contributed by atoms with Crippen LogP contribution in [-0.4, -0.2) is 42.8 Å². The summed E-state index contributed by atoms with van der Waals surface area (Å²) < 4.78 is 52.8. The number of morpholine rings is 1. The number of halogens is 3. The molecule has 0 spiro atoms. The fourth-order valence-corrected chi connectivity index (χ4v) is 3.94. The number of ether oxygens (including phenoxy) is 2. The number of pyridine rings is 1. The SMILES string of the molecule is COCc1nc2ccc(N3CCOCC3)cn2c1Cc1cccc(C(F)(F)F)c1C. The number of hydrogen-bond acceptors (Lipinski definition) is 4. The van der Waals surface area contributed by atoms with Crippen LogP contribution in [0, 0.1) is 6.92 Å². The molecule has 5 nitrogen and oxygen atoms in total.